The Morgan fingerprint density at radius 1 is 1.20 bits per heavy atom. The highest BCUT2D eigenvalue weighted by Gasteiger charge is 2.27. The van der Waals surface area contributed by atoms with Gasteiger partial charge in [-0.2, -0.15) is 0 Å². The fourth-order valence-electron chi connectivity index (χ4n) is 2.54. The number of aliphatic carboxylic acids is 1. The zero-order chi connectivity index (χ0) is 12.0. The molecule has 0 fully saturated rings. The van der Waals surface area contributed by atoms with E-state index in [0.717, 1.165) is 12.8 Å². The number of hydrogen-bond donors (Lipinski definition) is 2. The highest BCUT2D eigenvalue weighted by atomic mass is 16.4. The van der Waals surface area contributed by atoms with Gasteiger partial charge in [0.15, 0.2) is 0 Å². The van der Waals surface area contributed by atoms with Crippen molar-refractivity contribution >= 4 is 5.97 Å². The molecule has 0 aliphatic carbocycles. The third-order valence-electron chi connectivity index (χ3n) is 3.31. The van der Waals surface area contributed by atoms with Crippen LogP contribution in [0.15, 0.2) is 0 Å². The standard InChI is InChI=1S/C12H25NO2/c1-5-9(8(3)4)10(6-2)11(13)7-12(14)15/h8-11H,5-7,13H2,1-4H3,(H,14,15). The summed E-state index contributed by atoms with van der Waals surface area (Å²) in [5.41, 5.74) is 5.96. The first kappa shape index (κ1) is 14.4. The fraction of sp³-hybridized carbons (Fsp3) is 0.917. The minimum atomic E-state index is -0.792. The van der Waals surface area contributed by atoms with Crippen molar-refractivity contribution in [1.29, 1.82) is 0 Å². The first-order chi connectivity index (χ1) is 6.93. The van der Waals surface area contributed by atoms with Crippen molar-refractivity contribution in [3.8, 4) is 0 Å². The largest absolute Gasteiger partial charge is 0.481 e. The number of nitrogens with two attached hydrogens (primary N) is 1. The SMILES string of the molecule is CCC(C(C)C)C(CC)C(N)CC(=O)O. The van der Waals surface area contributed by atoms with Crippen LogP contribution >= 0.6 is 0 Å². The van der Waals surface area contributed by atoms with Gasteiger partial charge in [-0.05, 0) is 17.8 Å². The van der Waals surface area contributed by atoms with Gasteiger partial charge in [-0.1, -0.05) is 40.5 Å². The Kier molecular flexibility index (Phi) is 6.57. The second-order valence-corrected chi connectivity index (χ2v) is 4.65. The molecule has 3 unspecified atom stereocenters. The molecule has 0 aromatic heterocycles. The van der Waals surface area contributed by atoms with Crippen molar-refractivity contribution in [3.63, 3.8) is 0 Å². The van der Waals surface area contributed by atoms with E-state index < -0.39 is 5.97 Å². The summed E-state index contributed by atoms with van der Waals surface area (Å²) in [6, 6.07) is -0.208. The molecule has 0 amide bonds. The molecule has 15 heavy (non-hydrogen) atoms. The minimum Gasteiger partial charge on any atom is -0.481 e. The molecule has 0 aliphatic rings. The molecule has 0 heterocycles. The molecule has 0 saturated heterocycles. The molecule has 0 spiro atoms. The Bertz CT molecular complexity index is 192. The second-order valence-electron chi connectivity index (χ2n) is 4.65. The average Bonchev–Trinajstić information content (AvgIpc) is 2.11. The van der Waals surface area contributed by atoms with E-state index >= 15 is 0 Å². The summed E-state index contributed by atoms with van der Waals surface area (Å²) in [6.07, 6.45) is 2.12. The van der Waals surface area contributed by atoms with Crippen LogP contribution < -0.4 is 5.73 Å². The van der Waals surface area contributed by atoms with Crippen molar-refractivity contribution in [2.75, 3.05) is 0 Å². The predicted molar refractivity (Wildman–Crippen MR) is 62.6 cm³/mol. The number of hydrogen-bond acceptors (Lipinski definition) is 2. The molecule has 3 heteroatoms. The number of carbonyl (C=O) groups is 1. The Balaban J connectivity index is 4.49. The van der Waals surface area contributed by atoms with Crippen LogP contribution in [0.1, 0.15) is 47.0 Å². The van der Waals surface area contributed by atoms with Gasteiger partial charge in [0.2, 0.25) is 0 Å². The number of carboxylic acid groups (broad SMARTS) is 1. The maximum Gasteiger partial charge on any atom is 0.304 e. The van der Waals surface area contributed by atoms with Crippen molar-refractivity contribution < 1.29 is 9.90 Å². The molecular weight excluding hydrogens is 190 g/mol. The van der Waals surface area contributed by atoms with Crippen molar-refractivity contribution in [3.05, 3.63) is 0 Å². The molecule has 3 N–H and O–H groups in total. The second kappa shape index (κ2) is 6.83. The molecule has 0 radical (unpaired) electrons. The molecule has 90 valence electrons. The summed E-state index contributed by atoms with van der Waals surface area (Å²) in [7, 11) is 0. The van der Waals surface area contributed by atoms with E-state index in [2.05, 4.69) is 27.7 Å². The summed E-state index contributed by atoms with van der Waals surface area (Å²) >= 11 is 0. The summed E-state index contributed by atoms with van der Waals surface area (Å²) in [5.74, 6) is 0.634. The van der Waals surface area contributed by atoms with Gasteiger partial charge < -0.3 is 10.8 Å². The lowest BCUT2D eigenvalue weighted by Gasteiger charge is -2.32. The first-order valence-corrected chi connectivity index (χ1v) is 5.91. The van der Waals surface area contributed by atoms with Crippen molar-refractivity contribution in [2.24, 2.45) is 23.5 Å². The molecule has 0 aliphatic heterocycles. The van der Waals surface area contributed by atoms with E-state index in [9.17, 15) is 4.79 Å². The van der Waals surface area contributed by atoms with Crippen LogP contribution in [0.2, 0.25) is 0 Å². The smallest absolute Gasteiger partial charge is 0.304 e. The first-order valence-electron chi connectivity index (χ1n) is 5.91. The Hall–Kier alpha value is -0.570. The molecular formula is C12H25NO2. The van der Waals surface area contributed by atoms with E-state index in [-0.39, 0.29) is 12.5 Å². The maximum absolute atomic E-state index is 10.6. The topological polar surface area (TPSA) is 63.3 Å². The van der Waals surface area contributed by atoms with Crippen LogP contribution in [0.4, 0.5) is 0 Å². The molecule has 0 rings (SSSR count). The molecule has 0 aromatic carbocycles. The van der Waals surface area contributed by atoms with Gasteiger partial charge in [0, 0.05) is 6.04 Å². The van der Waals surface area contributed by atoms with E-state index in [1.54, 1.807) is 0 Å². The van der Waals surface area contributed by atoms with Gasteiger partial charge >= 0.3 is 5.97 Å². The van der Waals surface area contributed by atoms with E-state index in [0.29, 0.717) is 17.8 Å². The van der Waals surface area contributed by atoms with Gasteiger partial charge in [0.25, 0.3) is 0 Å². The van der Waals surface area contributed by atoms with Crippen LogP contribution in [-0.2, 0) is 4.79 Å². The van der Waals surface area contributed by atoms with Gasteiger partial charge in [-0.3, -0.25) is 4.79 Å². The van der Waals surface area contributed by atoms with E-state index in [1.807, 2.05) is 0 Å². The van der Waals surface area contributed by atoms with Gasteiger partial charge in [0.1, 0.15) is 0 Å². The van der Waals surface area contributed by atoms with Crippen LogP contribution in [-0.4, -0.2) is 17.1 Å². The highest BCUT2D eigenvalue weighted by molar-refractivity contribution is 5.67. The highest BCUT2D eigenvalue weighted by Crippen LogP contribution is 2.29. The van der Waals surface area contributed by atoms with Crippen LogP contribution in [0.5, 0.6) is 0 Å². The third kappa shape index (κ3) is 4.65. The summed E-state index contributed by atoms with van der Waals surface area (Å²) in [6.45, 7) is 8.62. The van der Waals surface area contributed by atoms with E-state index in [4.69, 9.17) is 10.8 Å². The lowest BCUT2D eigenvalue weighted by atomic mass is 9.75. The molecule has 3 atom stereocenters. The predicted octanol–water partition coefficient (Wildman–Crippen LogP) is 2.50. The minimum absolute atomic E-state index is 0.0850. The zero-order valence-corrected chi connectivity index (χ0v) is 10.4. The lowest BCUT2D eigenvalue weighted by Crippen LogP contribution is -2.38. The number of rotatable bonds is 7. The zero-order valence-electron chi connectivity index (χ0n) is 10.4. The number of carboxylic acids is 1. The fourth-order valence-corrected chi connectivity index (χ4v) is 2.54. The molecule has 0 saturated carbocycles. The monoisotopic (exact) mass is 215 g/mol. The maximum atomic E-state index is 10.6. The average molecular weight is 215 g/mol. The summed E-state index contributed by atoms with van der Waals surface area (Å²) in [5, 5.41) is 8.74. The van der Waals surface area contributed by atoms with Gasteiger partial charge in [0.05, 0.1) is 6.42 Å². The van der Waals surface area contributed by atoms with Crippen molar-refractivity contribution in [1.82, 2.24) is 0 Å². The quantitative estimate of drug-likeness (QED) is 0.686. The molecule has 0 bridgehead atoms. The van der Waals surface area contributed by atoms with Crippen LogP contribution in [0.25, 0.3) is 0 Å². The Morgan fingerprint density at radius 2 is 1.67 bits per heavy atom. The third-order valence-corrected chi connectivity index (χ3v) is 3.31. The Labute approximate surface area is 93.0 Å². The molecule has 3 nitrogen and oxygen atoms in total. The summed E-state index contributed by atoms with van der Waals surface area (Å²) < 4.78 is 0. The summed E-state index contributed by atoms with van der Waals surface area (Å²) in [4.78, 5) is 10.6. The van der Waals surface area contributed by atoms with Crippen LogP contribution in [0, 0.1) is 17.8 Å². The van der Waals surface area contributed by atoms with Gasteiger partial charge in [-0.15, -0.1) is 0 Å². The Morgan fingerprint density at radius 3 is 1.93 bits per heavy atom. The van der Waals surface area contributed by atoms with E-state index in [1.165, 1.54) is 0 Å². The van der Waals surface area contributed by atoms with Gasteiger partial charge in [-0.25, -0.2) is 0 Å². The normalized spacial score (nSPS) is 17.5. The van der Waals surface area contributed by atoms with Crippen molar-refractivity contribution in [2.45, 2.75) is 53.0 Å². The lowest BCUT2D eigenvalue weighted by molar-refractivity contribution is -0.137. The van der Waals surface area contributed by atoms with Crippen LogP contribution in [0.3, 0.4) is 0 Å². The molecule has 0 aromatic rings.